The lowest BCUT2D eigenvalue weighted by Gasteiger charge is -2.35. The van der Waals surface area contributed by atoms with Crippen molar-refractivity contribution < 1.29 is 14.3 Å². The summed E-state index contributed by atoms with van der Waals surface area (Å²) in [7, 11) is 1.64. The number of halogens is 1. The second-order valence-electron chi connectivity index (χ2n) is 5.09. The van der Waals surface area contributed by atoms with Crippen LogP contribution in [0.1, 0.15) is 30.1 Å². The largest absolute Gasteiger partial charge is 0.390 e. The van der Waals surface area contributed by atoms with Crippen molar-refractivity contribution in [1.29, 1.82) is 0 Å². The van der Waals surface area contributed by atoms with Crippen LogP contribution in [0.5, 0.6) is 0 Å². The Labute approximate surface area is 111 Å². The van der Waals surface area contributed by atoms with Crippen LogP contribution < -0.4 is 5.32 Å². The average Bonchev–Trinajstić information content (AvgIpc) is 2.38. The van der Waals surface area contributed by atoms with Gasteiger partial charge in [-0.25, -0.2) is 9.37 Å². The van der Waals surface area contributed by atoms with E-state index in [9.17, 15) is 14.3 Å². The van der Waals surface area contributed by atoms with Gasteiger partial charge in [-0.2, -0.15) is 0 Å². The number of amides is 1. The van der Waals surface area contributed by atoms with E-state index in [2.05, 4.69) is 10.3 Å². The number of nitrogens with one attached hydrogen (secondary N) is 1. The molecule has 0 radical (unpaired) electrons. The molecule has 2 rings (SSSR count). The SMILES string of the molecule is CNc1ncc(F)cc1C(=O)N1CCC(C)(O)CC1. The number of aromatic nitrogens is 1. The average molecular weight is 267 g/mol. The van der Waals surface area contributed by atoms with E-state index in [4.69, 9.17) is 0 Å². The van der Waals surface area contributed by atoms with Gasteiger partial charge in [0, 0.05) is 20.1 Å². The van der Waals surface area contributed by atoms with Gasteiger partial charge in [-0.3, -0.25) is 4.79 Å². The maximum atomic E-state index is 13.2. The third-order valence-corrected chi connectivity index (χ3v) is 3.45. The number of nitrogens with zero attached hydrogens (tertiary/aromatic N) is 2. The topological polar surface area (TPSA) is 65.5 Å². The Morgan fingerprint density at radius 2 is 2.16 bits per heavy atom. The van der Waals surface area contributed by atoms with Crippen molar-refractivity contribution in [2.75, 3.05) is 25.5 Å². The number of pyridine rings is 1. The number of carbonyl (C=O) groups is 1. The van der Waals surface area contributed by atoms with Crippen molar-refractivity contribution in [3.05, 3.63) is 23.6 Å². The van der Waals surface area contributed by atoms with Gasteiger partial charge in [-0.05, 0) is 25.8 Å². The molecule has 2 heterocycles. The van der Waals surface area contributed by atoms with Crippen molar-refractivity contribution in [3.8, 4) is 0 Å². The van der Waals surface area contributed by atoms with E-state index in [-0.39, 0.29) is 11.5 Å². The van der Waals surface area contributed by atoms with Crippen LogP contribution in [-0.2, 0) is 0 Å². The number of anilines is 1. The van der Waals surface area contributed by atoms with Crippen LogP contribution in [0.3, 0.4) is 0 Å². The Morgan fingerprint density at radius 1 is 1.53 bits per heavy atom. The molecular formula is C13H18FN3O2. The first-order valence-corrected chi connectivity index (χ1v) is 6.28. The van der Waals surface area contributed by atoms with Crippen LogP contribution in [0.15, 0.2) is 12.3 Å². The van der Waals surface area contributed by atoms with Crippen molar-refractivity contribution in [2.45, 2.75) is 25.4 Å². The third-order valence-electron chi connectivity index (χ3n) is 3.45. The first-order chi connectivity index (χ1) is 8.93. The summed E-state index contributed by atoms with van der Waals surface area (Å²) in [6, 6.07) is 1.19. The highest BCUT2D eigenvalue weighted by atomic mass is 19.1. The smallest absolute Gasteiger partial charge is 0.257 e. The lowest BCUT2D eigenvalue weighted by atomic mass is 9.93. The van der Waals surface area contributed by atoms with Gasteiger partial charge >= 0.3 is 0 Å². The summed E-state index contributed by atoms with van der Waals surface area (Å²) in [6.45, 7) is 2.69. The first-order valence-electron chi connectivity index (χ1n) is 6.28. The molecule has 0 spiro atoms. The van der Waals surface area contributed by atoms with Gasteiger partial charge in [-0.15, -0.1) is 0 Å². The molecule has 2 N–H and O–H groups in total. The maximum absolute atomic E-state index is 13.2. The monoisotopic (exact) mass is 267 g/mol. The summed E-state index contributed by atoms with van der Waals surface area (Å²) in [4.78, 5) is 17.8. The molecule has 1 amide bonds. The molecule has 1 aromatic heterocycles. The lowest BCUT2D eigenvalue weighted by molar-refractivity contribution is -0.00201. The molecule has 1 aliphatic rings. The molecule has 1 saturated heterocycles. The zero-order valence-corrected chi connectivity index (χ0v) is 11.1. The van der Waals surface area contributed by atoms with Gasteiger partial charge in [0.25, 0.3) is 5.91 Å². The number of rotatable bonds is 2. The van der Waals surface area contributed by atoms with E-state index in [1.165, 1.54) is 6.07 Å². The summed E-state index contributed by atoms with van der Waals surface area (Å²) in [5.74, 6) is -0.429. The van der Waals surface area contributed by atoms with Crippen LogP contribution >= 0.6 is 0 Å². The molecule has 104 valence electrons. The second kappa shape index (κ2) is 5.13. The molecule has 0 bridgehead atoms. The Hall–Kier alpha value is -1.69. The molecule has 6 heteroatoms. The molecule has 0 aromatic carbocycles. The molecule has 5 nitrogen and oxygen atoms in total. The molecule has 0 aliphatic carbocycles. The number of likely N-dealkylation sites (tertiary alicyclic amines) is 1. The number of piperidine rings is 1. The summed E-state index contributed by atoms with van der Waals surface area (Å²) in [6.07, 6.45) is 2.12. The fraction of sp³-hybridized carbons (Fsp3) is 0.538. The number of hydrogen-bond donors (Lipinski definition) is 2. The van der Waals surface area contributed by atoms with Crippen LogP contribution in [-0.4, -0.2) is 46.6 Å². The highest BCUT2D eigenvalue weighted by Crippen LogP contribution is 2.24. The van der Waals surface area contributed by atoms with Gasteiger partial charge < -0.3 is 15.3 Å². The molecule has 0 atom stereocenters. The number of aliphatic hydroxyl groups is 1. The molecule has 1 aliphatic heterocycles. The van der Waals surface area contributed by atoms with Crippen molar-refractivity contribution >= 4 is 11.7 Å². The van der Waals surface area contributed by atoms with Gasteiger partial charge in [0.15, 0.2) is 0 Å². The first kappa shape index (κ1) is 13.7. The normalized spacial score (nSPS) is 18.2. The highest BCUT2D eigenvalue weighted by molar-refractivity contribution is 5.98. The summed E-state index contributed by atoms with van der Waals surface area (Å²) >= 11 is 0. The maximum Gasteiger partial charge on any atom is 0.257 e. The zero-order valence-electron chi connectivity index (χ0n) is 11.1. The number of carbonyl (C=O) groups excluding carboxylic acids is 1. The number of hydrogen-bond acceptors (Lipinski definition) is 4. The van der Waals surface area contributed by atoms with E-state index in [1.54, 1.807) is 18.9 Å². The minimum Gasteiger partial charge on any atom is -0.390 e. The van der Waals surface area contributed by atoms with Crippen molar-refractivity contribution in [1.82, 2.24) is 9.88 Å². The zero-order chi connectivity index (χ0) is 14.0. The van der Waals surface area contributed by atoms with E-state index in [0.29, 0.717) is 31.7 Å². The van der Waals surface area contributed by atoms with E-state index in [0.717, 1.165) is 6.20 Å². The predicted molar refractivity (Wildman–Crippen MR) is 69.5 cm³/mol. The Morgan fingerprint density at radius 3 is 2.74 bits per heavy atom. The van der Waals surface area contributed by atoms with E-state index < -0.39 is 11.4 Å². The van der Waals surface area contributed by atoms with Crippen LogP contribution in [0.25, 0.3) is 0 Å². The van der Waals surface area contributed by atoms with Crippen LogP contribution in [0.4, 0.5) is 10.2 Å². The Balaban J connectivity index is 2.18. The fourth-order valence-corrected chi connectivity index (χ4v) is 2.16. The van der Waals surface area contributed by atoms with Crippen LogP contribution in [0.2, 0.25) is 0 Å². The molecule has 19 heavy (non-hydrogen) atoms. The summed E-state index contributed by atoms with van der Waals surface area (Å²) in [5, 5.41) is 12.7. The standard InChI is InChI=1S/C13H18FN3O2/c1-13(19)3-5-17(6-4-13)12(18)10-7-9(14)8-16-11(10)15-2/h7-8,19H,3-6H2,1-2H3,(H,15,16). The van der Waals surface area contributed by atoms with E-state index >= 15 is 0 Å². The van der Waals surface area contributed by atoms with E-state index in [1.807, 2.05) is 0 Å². The highest BCUT2D eigenvalue weighted by Gasteiger charge is 2.31. The minimum absolute atomic E-state index is 0.226. The Kier molecular flexibility index (Phi) is 3.71. The van der Waals surface area contributed by atoms with Gasteiger partial charge in [0.05, 0.1) is 17.4 Å². The molecule has 0 saturated carbocycles. The van der Waals surface area contributed by atoms with Gasteiger partial charge in [0.1, 0.15) is 11.6 Å². The van der Waals surface area contributed by atoms with Gasteiger partial charge in [0.2, 0.25) is 0 Å². The molecular weight excluding hydrogens is 249 g/mol. The predicted octanol–water partition coefficient (Wildman–Crippen LogP) is 1.25. The lowest BCUT2D eigenvalue weighted by Crippen LogP contribution is -2.45. The van der Waals surface area contributed by atoms with Crippen LogP contribution in [0, 0.1) is 5.82 Å². The summed E-state index contributed by atoms with van der Waals surface area (Å²) < 4.78 is 13.2. The molecule has 0 unspecified atom stereocenters. The quantitative estimate of drug-likeness (QED) is 0.846. The third kappa shape index (κ3) is 3.01. The second-order valence-corrected chi connectivity index (χ2v) is 5.09. The van der Waals surface area contributed by atoms with Crippen molar-refractivity contribution in [2.24, 2.45) is 0 Å². The van der Waals surface area contributed by atoms with Crippen molar-refractivity contribution in [3.63, 3.8) is 0 Å². The molecule has 1 aromatic rings. The fourth-order valence-electron chi connectivity index (χ4n) is 2.16. The summed E-state index contributed by atoms with van der Waals surface area (Å²) in [5.41, 5.74) is -0.493. The Bertz CT molecular complexity index is 481. The van der Waals surface area contributed by atoms with Gasteiger partial charge in [-0.1, -0.05) is 0 Å². The minimum atomic E-state index is -0.719. The molecule has 1 fully saturated rings.